The van der Waals surface area contributed by atoms with Gasteiger partial charge in [0.2, 0.25) is 5.91 Å². The van der Waals surface area contributed by atoms with Crippen LogP contribution in [0.2, 0.25) is 0 Å². The molecule has 7 heteroatoms. The van der Waals surface area contributed by atoms with Gasteiger partial charge in [-0.2, -0.15) is 0 Å². The first kappa shape index (κ1) is 34.7. The number of carbonyl (C=O) groups excluding carboxylic acids is 1. The second-order valence-electron chi connectivity index (χ2n) is 12.6. The molecule has 1 heterocycles. The Labute approximate surface area is 282 Å². The Hall–Kier alpha value is -4.62. The van der Waals surface area contributed by atoms with Crippen LogP contribution in [0.25, 0.3) is 22.0 Å². The lowest BCUT2D eigenvalue weighted by molar-refractivity contribution is -0.132. The van der Waals surface area contributed by atoms with Crippen molar-refractivity contribution in [2.24, 2.45) is 0 Å². The molecule has 0 bridgehead atoms. The Morgan fingerprint density at radius 2 is 1.46 bits per heavy atom. The van der Waals surface area contributed by atoms with Crippen LogP contribution in [0.4, 0.5) is 8.78 Å². The van der Waals surface area contributed by atoms with E-state index in [0.29, 0.717) is 35.6 Å². The highest BCUT2D eigenvalue weighted by Gasteiger charge is 2.20. The number of amides is 1. The van der Waals surface area contributed by atoms with Gasteiger partial charge in [0, 0.05) is 36.8 Å². The van der Waals surface area contributed by atoms with Gasteiger partial charge in [0.05, 0.1) is 5.52 Å². The summed E-state index contributed by atoms with van der Waals surface area (Å²) in [5.41, 5.74) is 5.91. The fourth-order valence-electron chi connectivity index (χ4n) is 6.19. The Balaban J connectivity index is 1.42. The monoisotopic (exact) mass is 649 g/mol. The minimum atomic E-state index is -0.903. The number of rotatable bonds is 14. The molecule has 0 unspecified atom stereocenters. The van der Waals surface area contributed by atoms with Crippen LogP contribution in [-0.4, -0.2) is 46.5 Å². The maximum absolute atomic E-state index is 14.5. The van der Waals surface area contributed by atoms with Crippen molar-refractivity contribution < 1.29 is 13.6 Å². The lowest BCUT2D eigenvalue weighted by Crippen LogP contribution is -2.40. The van der Waals surface area contributed by atoms with Crippen LogP contribution in [0.1, 0.15) is 56.0 Å². The summed E-state index contributed by atoms with van der Waals surface area (Å²) >= 11 is 0. The fraction of sp³-hybridized carbons (Fsp3) is 0.317. The molecule has 0 aliphatic rings. The molecule has 48 heavy (non-hydrogen) atoms. The molecule has 0 saturated heterocycles. The number of pyridine rings is 1. The van der Waals surface area contributed by atoms with Crippen LogP contribution in [0, 0.1) is 11.6 Å². The molecule has 0 aliphatic carbocycles. The fourth-order valence-corrected chi connectivity index (χ4v) is 6.19. The van der Waals surface area contributed by atoms with E-state index in [2.05, 4.69) is 81.1 Å². The molecule has 0 aliphatic heterocycles. The van der Waals surface area contributed by atoms with Gasteiger partial charge < -0.3 is 14.4 Å². The normalized spacial score (nSPS) is 11.5. The van der Waals surface area contributed by atoms with Gasteiger partial charge >= 0.3 is 0 Å². The van der Waals surface area contributed by atoms with Gasteiger partial charge in [-0.1, -0.05) is 100 Å². The third-order valence-corrected chi connectivity index (χ3v) is 9.25. The summed E-state index contributed by atoms with van der Waals surface area (Å²) in [5, 5.41) is 0.512. The van der Waals surface area contributed by atoms with Crippen LogP contribution < -0.4 is 5.43 Å². The average Bonchev–Trinajstić information content (AvgIpc) is 3.10. The van der Waals surface area contributed by atoms with Gasteiger partial charge in [-0.15, -0.1) is 0 Å². The minimum absolute atomic E-state index is 0.0142. The van der Waals surface area contributed by atoms with Gasteiger partial charge in [-0.05, 0) is 77.9 Å². The second-order valence-corrected chi connectivity index (χ2v) is 12.6. The van der Waals surface area contributed by atoms with E-state index in [9.17, 15) is 18.4 Å². The van der Waals surface area contributed by atoms with Crippen molar-refractivity contribution in [3.05, 3.63) is 141 Å². The van der Waals surface area contributed by atoms with Crippen molar-refractivity contribution in [2.75, 3.05) is 26.2 Å². The van der Waals surface area contributed by atoms with E-state index in [1.807, 2.05) is 21.6 Å². The van der Waals surface area contributed by atoms with E-state index in [4.69, 9.17) is 0 Å². The lowest BCUT2D eigenvalue weighted by Gasteiger charge is -2.28. The molecular weight excluding hydrogens is 604 g/mol. The average molecular weight is 650 g/mol. The molecule has 250 valence electrons. The molecule has 0 fully saturated rings. The van der Waals surface area contributed by atoms with Crippen molar-refractivity contribution in [3.63, 3.8) is 0 Å². The van der Waals surface area contributed by atoms with Crippen molar-refractivity contribution >= 4 is 16.8 Å². The quantitative estimate of drug-likeness (QED) is 0.122. The summed E-state index contributed by atoms with van der Waals surface area (Å²) < 4.78 is 30.3. The maximum Gasteiger partial charge on any atom is 0.242 e. The highest BCUT2D eigenvalue weighted by atomic mass is 19.2. The van der Waals surface area contributed by atoms with Crippen LogP contribution in [-0.2, 0) is 30.7 Å². The molecule has 1 aromatic heterocycles. The second kappa shape index (κ2) is 16.0. The molecule has 0 atom stereocenters. The van der Waals surface area contributed by atoms with Crippen molar-refractivity contribution in [1.82, 2.24) is 14.4 Å². The number of nitrogens with zero attached hydrogens (tertiary/aromatic N) is 3. The zero-order valence-corrected chi connectivity index (χ0v) is 28.4. The number of aryl methyl sites for hydroxylation is 2. The van der Waals surface area contributed by atoms with E-state index in [1.54, 1.807) is 18.2 Å². The van der Waals surface area contributed by atoms with Crippen LogP contribution in [0.3, 0.4) is 0 Å². The van der Waals surface area contributed by atoms with Gasteiger partial charge in [0.15, 0.2) is 17.1 Å². The van der Waals surface area contributed by atoms with Gasteiger partial charge in [-0.3, -0.25) is 9.59 Å². The molecule has 0 radical (unpaired) electrons. The van der Waals surface area contributed by atoms with Gasteiger partial charge in [0.25, 0.3) is 0 Å². The Bertz CT molecular complexity index is 1900. The molecule has 5 aromatic rings. The number of carbonyl (C=O) groups is 1. The largest absolute Gasteiger partial charge is 0.336 e. The first-order chi connectivity index (χ1) is 23.2. The van der Waals surface area contributed by atoms with Gasteiger partial charge in [-0.25, -0.2) is 8.78 Å². The van der Waals surface area contributed by atoms with E-state index in [1.165, 1.54) is 17.7 Å². The van der Waals surface area contributed by atoms with E-state index in [-0.39, 0.29) is 36.3 Å². The summed E-state index contributed by atoms with van der Waals surface area (Å²) in [6.07, 6.45) is 0.459. The SMILES string of the molecule is CCN(CC)CCN(Cc1ccc(-c2ccc(C(C)C)cc2)cc1)C(=O)Cn1c(CCc2cccc(F)c2F)cc(=O)c2ccccc21. The van der Waals surface area contributed by atoms with Crippen molar-refractivity contribution in [3.8, 4) is 11.1 Å². The van der Waals surface area contributed by atoms with E-state index >= 15 is 0 Å². The minimum Gasteiger partial charge on any atom is -0.336 e. The van der Waals surface area contributed by atoms with E-state index < -0.39 is 11.6 Å². The lowest BCUT2D eigenvalue weighted by atomic mass is 9.98. The predicted molar refractivity (Wildman–Crippen MR) is 191 cm³/mol. The number of aromatic nitrogens is 1. The zero-order chi connectivity index (χ0) is 34.2. The smallest absolute Gasteiger partial charge is 0.242 e. The summed E-state index contributed by atoms with van der Waals surface area (Å²) in [5.74, 6) is -1.39. The predicted octanol–water partition coefficient (Wildman–Crippen LogP) is 8.23. The summed E-state index contributed by atoms with van der Waals surface area (Å²) in [4.78, 5) is 31.5. The molecule has 0 spiro atoms. The van der Waals surface area contributed by atoms with Crippen molar-refractivity contribution in [1.29, 1.82) is 0 Å². The first-order valence-corrected chi connectivity index (χ1v) is 16.9. The number of halogens is 2. The summed E-state index contributed by atoms with van der Waals surface area (Å²) in [7, 11) is 0. The Morgan fingerprint density at radius 1 is 0.792 bits per heavy atom. The molecule has 1 amide bonds. The molecule has 0 N–H and O–H groups in total. The number of benzene rings is 4. The van der Waals surface area contributed by atoms with Crippen LogP contribution in [0.5, 0.6) is 0 Å². The molecule has 5 nitrogen and oxygen atoms in total. The highest BCUT2D eigenvalue weighted by Crippen LogP contribution is 2.24. The van der Waals surface area contributed by atoms with Crippen LogP contribution >= 0.6 is 0 Å². The summed E-state index contributed by atoms with van der Waals surface area (Å²) in [6.45, 7) is 12.1. The van der Waals surface area contributed by atoms with Crippen LogP contribution in [0.15, 0.2) is 102 Å². The van der Waals surface area contributed by atoms with E-state index in [0.717, 1.165) is 42.4 Å². The number of hydrogen-bond donors (Lipinski definition) is 0. The molecular formula is C41H45F2N3O2. The standard InChI is InChI=1S/C41H45F2N3O2/c1-5-44(6-2)24-25-45(27-30-14-16-32(17-15-30)33-20-18-31(19-21-33)29(3)4)40(48)28-46-35(23-22-34-10-9-12-37(42)41(34)43)26-39(47)36-11-7-8-13-38(36)46/h7-21,26,29H,5-6,22-25,27-28H2,1-4H3. The number of likely N-dealkylation sites (N-methyl/N-ethyl adjacent to an activating group) is 1. The van der Waals surface area contributed by atoms with Gasteiger partial charge in [0.1, 0.15) is 6.54 Å². The maximum atomic E-state index is 14.5. The number of para-hydroxylation sites is 1. The zero-order valence-electron chi connectivity index (χ0n) is 28.4. The topological polar surface area (TPSA) is 45.5 Å². The first-order valence-electron chi connectivity index (χ1n) is 16.9. The Kier molecular flexibility index (Phi) is 11.6. The Morgan fingerprint density at radius 3 is 2.12 bits per heavy atom. The molecule has 5 rings (SSSR count). The molecule has 4 aromatic carbocycles. The highest BCUT2D eigenvalue weighted by molar-refractivity contribution is 5.83. The number of fused-ring (bicyclic) bond motifs is 1. The summed E-state index contributed by atoms with van der Waals surface area (Å²) in [6, 6.07) is 29.9. The number of hydrogen-bond acceptors (Lipinski definition) is 3. The third-order valence-electron chi connectivity index (χ3n) is 9.25. The van der Waals surface area contributed by atoms with Crippen molar-refractivity contribution in [2.45, 2.75) is 59.5 Å². The molecule has 0 saturated carbocycles. The third kappa shape index (κ3) is 8.26.